The van der Waals surface area contributed by atoms with Gasteiger partial charge in [0.2, 0.25) is 0 Å². The van der Waals surface area contributed by atoms with Crippen molar-refractivity contribution in [2.24, 2.45) is 0 Å². The van der Waals surface area contributed by atoms with Gasteiger partial charge in [-0.3, -0.25) is 4.79 Å². The second-order valence-electron chi connectivity index (χ2n) is 5.35. The third-order valence-electron chi connectivity index (χ3n) is 3.89. The van der Waals surface area contributed by atoms with Crippen LogP contribution in [0.25, 0.3) is 0 Å². The normalized spacial score (nSPS) is 23.6. The number of hydrogen-bond donors (Lipinski definition) is 2. The Kier molecular flexibility index (Phi) is 4.23. The number of benzene rings is 1. The quantitative estimate of drug-likeness (QED) is 0.813. The Hall–Kier alpha value is -1.69. The minimum atomic E-state index is -0.997. The number of nitrogens with two attached hydrogens (primary N) is 1. The molecule has 0 aromatic heterocycles. The largest absolute Gasteiger partial charge is 0.396 e. The fourth-order valence-corrected chi connectivity index (χ4v) is 2.45. The highest BCUT2D eigenvalue weighted by molar-refractivity contribution is 5.95. The molecule has 1 aliphatic rings. The van der Waals surface area contributed by atoms with Crippen LogP contribution in [0.4, 0.5) is 14.5 Å². The SMILES string of the molecule is CC1CC(NC(=O)c2c(F)ccc(N)c2F)CCN1C. The van der Waals surface area contributed by atoms with Crippen LogP contribution >= 0.6 is 0 Å². The van der Waals surface area contributed by atoms with E-state index in [1.807, 2.05) is 7.05 Å². The van der Waals surface area contributed by atoms with Crippen molar-refractivity contribution in [1.29, 1.82) is 0 Å². The van der Waals surface area contributed by atoms with Gasteiger partial charge < -0.3 is 16.0 Å². The van der Waals surface area contributed by atoms with Gasteiger partial charge in [-0.1, -0.05) is 0 Å². The van der Waals surface area contributed by atoms with Crippen LogP contribution in [0.15, 0.2) is 12.1 Å². The molecule has 1 aromatic carbocycles. The number of halogens is 2. The molecule has 1 amide bonds. The molecule has 2 atom stereocenters. The molecule has 1 heterocycles. The number of likely N-dealkylation sites (tertiary alicyclic amines) is 1. The summed E-state index contributed by atoms with van der Waals surface area (Å²) in [7, 11) is 2.01. The Balaban J connectivity index is 2.11. The number of rotatable bonds is 2. The molecule has 1 aliphatic heterocycles. The zero-order valence-corrected chi connectivity index (χ0v) is 11.6. The number of piperidine rings is 1. The van der Waals surface area contributed by atoms with E-state index in [2.05, 4.69) is 17.1 Å². The fraction of sp³-hybridized carbons (Fsp3) is 0.500. The summed E-state index contributed by atoms with van der Waals surface area (Å²) in [6.45, 7) is 2.90. The van der Waals surface area contributed by atoms with Crippen LogP contribution in [0.5, 0.6) is 0 Å². The lowest BCUT2D eigenvalue weighted by atomic mass is 9.98. The van der Waals surface area contributed by atoms with E-state index in [0.717, 1.165) is 31.5 Å². The van der Waals surface area contributed by atoms with Crippen LogP contribution in [0.1, 0.15) is 30.1 Å². The van der Waals surface area contributed by atoms with Crippen LogP contribution in [0.2, 0.25) is 0 Å². The van der Waals surface area contributed by atoms with E-state index in [9.17, 15) is 13.6 Å². The van der Waals surface area contributed by atoms with Crippen LogP contribution in [-0.4, -0.2) is 36.5 Å². The minimum absolute atomic E-state index is 0.0751. The summed E-state index contributed by atoms with van der Waals surface area (Å²) in [5.41, 5.74) is 4.54. The lowest BCUT2D eigenvalue weighted by Crippen LogP contribution is -2.47. The van der Waals surface area contributed by atoms with E-state index in [0.29, 0.717) is 6.04 Å². The smallest absolute Gasteiger partial charge is 0.257 e. The molecule has 3 N–H and O–H groups in total. The highest BCUT2D eigenvalue weighted by Gasteiger charge is 2.26. The molecule has 0 bridgehead atoms. The molecular formula is C14H19F2N3O. The maximum Gasteiger partial charge on any atom is 0.257 e. The molecule has 1 fully saturated rings. The van der Waals surface area contributed by atoms with E-state index >= 15 is 0 Å². The summed E-state index contributed by atoms with van der Waals surface area (Å²) in [5, 5.41) is 2.69. The zero-order chi connectivity index (χ0) is 14.9. The Morgan fingerprint density at radius 2 is 2.15 bits per heavy atom. The molecule has 2 rings (SSSR count). The van der Waals surface area contributed by atoms with Gasteiger partial charge in [-0.25, -0.2) is 8.78 Å². The predicted molar refractivity (Wildman–Crippen MR) is 73.4 cm³/mol. The number of carbonyl (C=O) groups excluding carboxylic acids is 1. The van der Waals surface area contributed by atoms with Crippen molar-refractivity contribution in [3.05, 3.63) is 29.3 Å². The maximum atomic E-state index is 13.8. The van der Waals surface area contributed by atoms with Crippen molar-refractivity contribution < 1.29 is 13.6 Å². The molecule has 0 aliphatic carbocycles. The number of carbonyl (C=O) groups is 1. The van der Waals surface area contributed by atoms with Crippen LogP contribution in [0.3, 0.4) is 0 Å². The standard InChI is InChI=1S/C14H19F2N3O/c1-8-7-9(5-6-19(8)2)18-14(20)12-10(15)3-4-11(17)13(12)16/h3-4,8-9H,5-7,17H2,1-2H3,(H,18,20). The van der Waals surface area contributed by atoms with Gasteiger partial charge in [-0.2, -0.15) is 0 Å². The monoisotopic (exact) mass is 283 g/mol. The summed E-state index contributed by atoms with van der Waals surface area (Å²) in [5.74, 6) is -2.63. The summed E-state index contributed by atoms with van der Waals surface area (Å²) < 4.78 is 27.4. The second-order valence-corrected chi connectivity index (χ2v) is 5.35. The first-order valence-corrected chi connectivity index (χ1v) is 6.64. The Morgan fingerprint density at radius 3 is 2.80 bits per heavy atom. The number of nitrogens with one attached hydrogen (secondary N) is 1. The highest BCUT2D eigenvalue weighted by Crippen LogP contribution is 2.20. The predicted octanol–water partition coefficient (Wildman–Crippen LogP) is 1.76. The van der Waals surface area contributed by atoms with E-state index in [-0.39, 0.29) is 11.7 Å². The van der Waals surface area contributed by atoms with Crippen LogP contribution in [0, 0.1) is 11.6 Å². The van der Waals surface area contributed by atoms with Gasteiger partial charge in [-0.15, -0.1) is 0 Å². The molecule has 0 spiro atoms. The number of amides is 1. The van der Waals surface area contributed by atoms with Crippen molar-refractivity contribution in [1.82, 2.24) is 10.2 Å². The number of nitrogens with zero attached hydrogens (tertiary/aromatic N) is 1. The van der Waals surface area contributed by atoms with E-state index in [1.165, 1.54) is 0 Å². The molecule has 6 heteroatoms. The molecule has 4 nitrogen and oxygen atoms in total. The maximum absolute atomic E-state index is 13.8. The van der Waals surface area contributed by atoms with Gasteiger partial charge in [0.05, 0.1) is 5.69 Å². The van der Waals surface area contributed by atoms with E-state index in [4.69, 9.17) is 5.73 Å². The van der Waals surface area contributed by atoms with Gasteiger partial charge in [0, 0.05) is 18.6 Å². The fourth-order valence-electron chi connectivity index (χ4n) is 2.45. The van der Waals surface area contributed by atoms with Crippen molar-refractivity contribution in [2.75, 3.05) is 19.3 Å². The highest BCUT2D eigenvalue weighted by atomic mass is 19.1. The zero-order valence-electron chi connectivity index (χ0n) is 11.6. The minimum Gasteiger partial charge on any atom is -0.396 e. The third-order valence-corrected chi connectivity index (χ3v) is 3.89. The number of nitrogen functional groups attached to an aromatic ring is 1. The first-order valence-electron chi connectivity index (χ1n) is 6.64. The van der Waals surface area contributed by atoms with Crippen molar-refractivity contribution in [3.63, 3.8) is 0 Å². The number of hydrogen-bond acceptors (Lipinski definition) is 3. The van der Waals surface area contributed by atoms with E-state index < -0.39 is 23.1 Å². The van der Waals surface area contributed by atoms with Crippen molar-refractivity contribution in [3.8, 4) is 0 Å². The molecule has 1 aromatic rings. The van der Waals surface area contributed by atoms with Gasteiger partial charge >= 0.3 is 0 Å². The van der Waals surface area contributed by atoms with Crippen molar-refractivity contribution in [2.45, 2.75) is 31.8 Å². The number of anilines is 1. The van der Waals surface area contributed by atoms with Gasteiger partial charge in [0.15, 0.2) is 5.82 Å². The second kappa shape index (κ2) is 5.75. The van der Waals surface area contributed by atoms with Gasteiger partial charge in [-0.05, 0) is 38.9 Å². The summed E-state index contributed by atoms with van der Waals surface area (Å²) in [6.07, 6.45) is 1.52. The lowest BCUT2D eigenvalue weighted by Gasteiger charge is -2.35. The van der Waals surface area contributed by atoms with Crippen LogP contribution in [-0.2, 0) is 0 Å². The molecule has 2 unspecified atom stereocenters. The molecular weight excluding hydrogens is 264 g/mol. The summed E-state index contributed by atoms with van der Waals surface area (Å²) in [6, 6.07) is 2.36. The van der Waals surface area contributed by atoms with Gasteiger partial charge in [0.25, 0.3) is 5.91 Å². The first-order chi connectivity index (χ1) is 9.40. The molecule has 20 heavy (non-hydrogen) atoms. The Labute approximate surface area is 116 Å². The first kappa shape index (κ1) is 14.7. The molecule has 0 radical (unpaired) electrons. The third kappa shape index (κ3) is 2.90. The average molecular weight is 283 g/mol. The molecule has 110 valence electrons. The lowest BCUT2D eigenvalue weighted by molar-refractivity contribution is 0.0888. The Bertz CT molecular complexity index is 521. The topological polar surface area (TPSA) is 58.4 Å². The molecule has 0 saturated carbocycles. The van der Waals surface area contributed by atoms with Gasteiger partial charge in [0.1, 0.15) is 11.4 Å². The molecule has 1 saturated heterocycles. The van der Waals surface area contributed by atoms with Crippen molar-refractivity contribution >= 4 is 11.6 Å². The summed E-state index contributed by atoms with van der Waals surface area (Å²) >= 11 is 0. The van der Waals surface area contributed by atoms with Crippen LogP contribution < -0.4 is 11.1 Å². The Morgan fingerprint density at radius 1 is 1.45 bits per heavy atom. The van der Waals surface area contributed by atoms with E-state index in [1.54, 1.807) is 0 Å². The average Bonchev–Trinajstić information content (AvgIpc) is 2.39. The summed E-state index contributed by atoms with van der Waals surface area (Å²) in [4.78, 5) is 14.2.